The van der Waals surface area contributed by atoms with E-state index < -0.39 is 0 Å². The minimum atomic E-state index is -0.194. The van der Waals surface area contributed by atoms with Crippen LogP contribution in [0.25, 0.3) is 0 Å². The molecule has 2 aromatic heterocycles. The number of aromatic nitrogens is 4. The molecule has 0 fully saturated rings. The Hall–Kier alpha value is -3.78. The molecule has 4 aromatic rings. The quantitative estimate of drug-likeness (QED) is 0.348. The number of amides is 1. The fourth-order valence-electron chi connectivity index (χ4n) is 4.18. The molecule has 4 rings (SSSR count). The van der Waals surface area contributed by atoms with E-state index >= 15 is 0 Å². The van der Waals surface area contributed by atoms with Crippen LogP contribution in [-0.4, -0.2) is 39.7 Å². The number of ether oxygens (including phenoxy) is 2. The van der Waals surface area contributed by atoms with Gasteiger partial charge in [0.1, 0.15) is 0 Å². The van der Waals surface area contributed by atoms with Crippen LogP contribution in [0.5, 0.6) is 11.5 Å². The van der Waals surface area contributed by atoms with Crippen molar-refractivity contribution in [1.82, 2.24) is 19.6 Å². The predicted octanol–water partition coefficient (Wildman–Crippen LogP) is 5.33. The second kappa shape index (κ2) is 10.5. The van der Waals surface area contributed by atoms with E-state index in [1.54, 1.807) is 20.3 Å². The zero-order valence-corrected chi connectivity index (χ0v) is 22.1. The van der Waals surface area contributed by atoms with Crippen LogP contribution >= 0.6 is 11.6 Å². The number of rotatable bonds is 8. The molecule has 0 aliphatic carbocycles. The minimum absolute atomic E-state index is 0.194. The van der Waals surface area contributed by atoms with E-state index in [4.69, 9.17) is 21.1 Å². The normalized spacial score (nSPS) is 11.0. The highest BCUT2D eigenvalue weighted by Gasteiger charge is 2.17. The van der Waals surface area contributed by atoms with E-state index in [-0.39, 0.29) is 5.91 Å². The highest BCUT2D eigenvalue weighted by Crippen LogP contribution is 2.29. The largest absolute Gasteiger partial charge is 0.493 e. The number of halogens is 1. The molecule has 0 saturated heterocycles. The molecular formula is C27H30ClN5O3. The first kappa shape index (κ1) is 25.3. The minimum Gasteiger partial charge on any atom is -0.493 e. The molecule has 1 amide bonds. The molecule has 0 atom stereocenters. The highest BCUT2D eigenvalue weighted by molar-refractivity contribution is 6.31. The molecule has 2 heterocycles. The van der Waals surface area contributed by atoms with Crippen LogP contribution in [0, 0.1) is 27.7 Å². The summed E-state index contributed by atoms with van der Waals surface area (Å²) in [6, 6.07) is 13.3. The lowest BCUT2D eigenvalue weighted by Crippen LogP contribution is -2.14. The van der Waals surface area contributed by atoms with Gasteiger partial charge >= 0.3 is 0 Å². The van der Waals surface area contributed by atoms with E-state index in [2.05, 4.69) is 15.5 Å². The Bertz CT molecular complexity index is 1420. The number of nitrogens with zero attached hydrogens (tertiary/aromatic N) is 4. The third kappa shape index (κ3) is 5.09. The molecular weight excluding hydrogens is 478 g/mol. The van der Waals surface area contributed by atoms with Crippen LogP contribution in [0.3, 0.4) is 0 Å². The first-order valence-corrected chi connectivity index (χ1v) is 11.9. The van der Waals surface area contributed by atoms with E-state index in [1.165, 1.54) is 0 Å². The van der Waals surface area contributed by atoms with Gasteiger partial charge < -0.3 is 14.8 Å². The Balaban J connectivity index is 1.51. The molecule has 0 aliphatic rings. The SMILES string of the molecule is COc1ccc(Cn2nc(C)c(NC(=O)c3cccc(Cn4nc(C)c(Cl)c4C)c3)c2C)cc1OC. The molecule has 1 N–H and O–H groups in total. The second-order valence-corrected chi connectivity index (χ2v) is 9.07. The van der Waals surface area contributed by atoms with Crippen LogP contribution in [0.4, 0.5) is 5.69 Å². The topological polar surface area (TPSA) is 83.2 Å². The lowest BCUT2D eigenvalue weighted by molar-refractivity contribution is 0.102. The first-order chi connectivity index (χ1) is 17.2. The lowest BCUT2D eigenvalue weighted by Gasteiger charge is -2.11. The molecule has 0 aliphatic heterocycles. The molecule has 36 heavy (non-hydrogen) atoms. The van der Waals surface area contributed by atoms with Gasteiger partial charge in [0.25, 0.3) is 5.91 Å². The van der Waals surface area contributed by atoms with E-state index in [0.29, 0.717) is 40.9 Å². The molecule has 9 heteroatoms. The summed E-state index contributed by atoms with van der Waals surface area (Å²) in [5.74, 6) is 1.14. The summed E-state index contributed by atoms with van der Waals surface area (Å²) in [5.41, 5.74) is 6.54. The average molecular weight is 508 g/mol. The van der Waals surface area contributed by atoms with Crippen molar-refractivity contribution in [3.8, 4) is 11.5 Å². The molecule has 2 aromatic carbocycles. The van der Waals surface area contributed by atoms with Gasteiger partial charge in [0.2, 0.25) is 0 Å². The third-order valence-corrected chi connectivity index (χ3v) is 6.76. The summed E-state index contributed by atoms with van der Waals surface area (Å²) in [6.45, 7) is 8.71. The molecule has 0 saturated carbocycles. The van der Waals surface area contributed by atoms with E-state index in [9.17, 15) is 4.79 Å². The van der Waals surface area contributed by atoms with Crippen molar-refractivity contribution in [2.24, 2.45) is 0 Å². The van der Waals surface area contributed by atoms with Gasteiger partial charge in [-0.2, -0.15) is 10.2 Å². The van der Waals surface area contributed by atoms with Crippen molar-refractivity contribution in [3.05, 3.63) is 87.0 Å². The van der Waals surface area contributed by atoms with Crippen molar-refractivity contribution in [2.75, 3.05) is 19.5 Å². The summed E-state index contributed by atoms with van der Waals surface area (Å²) in [4.78, 5) is 13.1. The summed E-state index contributed by atoms with van der Waals surface area (Å²) in [6.07, 6.45) is 0. The molecule has 0 spiro atoms. The smallest absolute Gasteiger partial charge is 0.255 e. The Morgan fingerprint density at radius 2 is 1.50 bits per heavy atom. The first-order valence-electron chi connectivity index (χ1n) is 11.6. The maximum atomic E-state index is 13.1. The summed E-state index contributed by atoms with van der Waals surface area (Å²) < 4.78 is 14.5. The Morgan fingerprint density at radius 1 is 0.861 bits per heavy atom. The lowest BCUT2D eigenvalue weighted by atomic mass is 10.1. The van der Waals surface area contributed by atoms with Crippen LogP contribution in [0.15, 0.2) is 42.5 Å². The van der Waals surface area contributed by atoms with Gasteiger partial charge in [-0.15, -0.1) is 0 Å². The van der Waals surface area contributed by atoms with Crippen molar-refractivity contribution in [2.45, 2.75) is 40.8 Å². The maximum absolute atomic E-state index is 13.1. The average Bonchev–Trinajstić information content (AvgIpc) is 3.27. The van der Waals surface area contributed by atoms with Crippen molar-refractivity contribution >= 4 is 23.2 Å². The number of carbonyl (C=O) groups is 1. The third-order valence-electron chi connectivity index (χ3n) is 6.22. The molecule has 0 unspecified atom stereocenters. The van der Waals surface area contributed by atoms with E-state index in [1.807, 2.05) is 73.5 Å². The standard InChI is InChI=1S/C27H30ClN5O3/c1-16-25(28)18(3)32(30-16)14-20-8-7-9-22(12-20)27(34)29-26-17(2)31-33(19(26)4)15-21-10-11-23(35-5)24(13-21)36-6/h7-13H,14-15H2,1-6H3,(H,29,34). The summed E-state index contributed by atoms with van der Waals surface area (Å²) >= 11 is 6.28. The van der Waals surface area contributed by atoms with Crippen LogP contribution in [-0.2, 0) is 13.1 Å². The number of benzene rings is 2. The molecule has 0 bridgehead atoms. The zero-order valence-electron chi connectivity index (χ0n) is 21.3. The fraction of sp³-hybridized carbons (Fsp3) is 0.296. The number of aryl methyl sites for hydroxylation is 2. The van der Waals surface area contributed by atoms with Gasteiger partial charge in [0.15, 0.2) is 11.5 Å². The monoisotopic (exact) mass is 507 g/mol. The Kier molecular flexibility index (Phi) is 7.35. The van der Waals surface area contributed by atoms with Gasteiger partial charge in [-0.3, -0.25) is 14.2 Å². The summed E-state index contributed by atoms with van der Waals surface area (Å²) in [7, 11) is 3.22. The predicted molar refractivity (Wildman–Crippen MR) is 141 cm³/mol. The van der Waals surface area contributed by atoms with Crippen LogP contribution in [0.1, 0.15) is 44.3 Å². The zero-order chi connectivity index (χ0) is 26.0. The fourth-order valence-corrected chi connectivity index (χ4v) is 4.32. The second-order valence-electron chi connectivity index (χ2n) is 8.69. The number of anilines is 1. The van der Waals surface area contributed by atoms with Gasteiger partial charge in [-0.05, 0) is 63.1 Å². The number of nitrogens with one attached hydrogen (secondary N) is 1. The van der Waals surface area contributed by atoms with E-state index in [0.717, 1.165) is 33.9 Å². The van der Waals surface area contributed by atoms with Crippen LogP contribution < -0.4 is 14.8 Å². The number of methoxy groups -OCH3 is 2. The summed E-state index contributed by atoms with van der Waals surface area (Å²) in [5, 5.41) is 12.8. The van der Waals surface area contributed by atoms with Gasteiger partial charge in [0.05, 0.1) is 60.8 Å². The molecule has 0 radical (unpaired) electrons. The van der Waals surface area contributed by atoms with Gasteiger partial charge in [0, 0.05) is 5.56 Å². The van der Waals surface area contributed by atoms with Crippen molar-refractivity contribution in [3.63, 3.8) is 0 Å². The number of hydrogen-bond donors (Lipinski definition) is 1. The van der Waals surface area contributed by atoms with Crippen LogP contribution in [0.2, 0.25) is 5.02 Å². The Morgan fingerprint density at radius 3 is 2.14 bits per heavy atom. The highest BCUT2D eigenvalue weighted by atomic mass is 35.5. The van der Waals surface area contributed by atoms with Crippen molar-refractivity contribution < 1.29 is 14.3 Å². The molecule has 8 nitrogen and oxygen atoms in total. The maximum Gasteiger partial charge on any atom is 0.255 e. The van der Waals surface area contributed by atoms with Gasteiger partial charge in [-0.25, -0.2) is 0 Å². The number of hydrogen-bond acceptors (Lipinski definition) is 5. The van der Waals surface area contributed by atoms with Gasteiger partial charge in [-0.1, -0.05) is 29.8 Å². The van der Waals surface area contributed by atoms with Crippen molar-refractivity contribution in [1.29, 1.82) is 0 Å². The number of carbonyl (C=O) groups excluding carboxylic acids is 1. The Labute approximate surface area is 215 Å². The molecule has 188 valence electrons.